The van der Waals surface area contributed by atoms with Crippen molar-refractivity contribution >= 4 is 71.0 Å². The van der Waals surface area contributed by atoms with Crippen LogP contribution in [-0.2, 0) is 5.41 Å². The van der Waals surface area contributed by atoms with E-state index in [9.17, 15) is 0 Å². The summed E-state index contributed by atoms with van der Waals surface area (Å²) in [6, 6.07) is 47.1. The van der Waals surface area contributed by atoms with Crippen molar-refractivity contribution in [3.05, 3.63) is 185 Å². The second-order valence-electron chi connectivity index (χ2n) is 15.5. The van der Waals surface area contributed by atoms with E-state index in [1.54, 1.807) is 0 Å². The second kappa shape index (κ2) is 11.0. The molecule has 7 aromatic carbocycles. The van der Waals surface area contributed by atoms with Crippen molar-refractivity contribution in [1.29, 1.82) is 0 Å². The van der Waals surface area contributed by atoms with Gasteiger partial charge in [-0.1, -0.05) is 147 Å². The van der Waals surface area contributed by atoms with E-state index in [0.717, 1.165) is 30.4 Å². The van der Waals surface area contributed by atoms with Crippen LogP contribution in [0.3, 0.4) is 0 Å². The van der Waals surface area contributed by atoms with Crippen molar-refractivity contribution in [2.75, 3.05) is 0 Å². The fourth-order valence-electron chi connectivity index (χ4n) is 9.89. The van der Waals surface area contributed by atoms with Gasteiger partial charge in [-0.25, -0.2) is 0 Å². The molecule has 52 heavy (non-hydrogen) atoms. The number of allylic oxidation sites excluding steroid dienone is 8. The second-order valence-corrected chi connectivity index (χ2v) is 15.5. The van der Waals surface area contributed by atoms with E-state index in [2.05, 4.69) is 166 Å². The molecule has 1 heterocycles. The van der Waals surface area contributed by atoms with E-state index in [-0.39, 0.29) is 5.41 Å². The molecule has 248 valence electrons. The number of furan rings is 1. The molecule has 0 saturated carbocycles. The minimum Gasteiger partial charge on any atom is -0.456 e. The number of benzene rings is 7. The molecule has 1 nitrogen and oxygen atoms in total. The predicted molar refractivity (Wildman–Crippen MR) is 221 cm³/mol. The van der Waals surface area contributed by atoms with Crippen LogP contribution in [0.25, 0.3) is 71.0 Å². The van der Waals surface area contributed by atoms with Gasteiger partial charge in [0.1, 0.15) is 11.2 Å². The third kappa shape index (κ3) is 4.29. The molecule has 0 spiro atoms. The Hall–Kier alpha value is -5.92. The highest BCUT2D eigenvalue weighted by Gasteiger charge is 2.43. The zero-order valence-electron chi connectivity index (χ0n) is 29.5. The van der Waals surface area contributed by atoms with Crippen molar-refractivity contribution < 1.29 is 4.42 Å². The Kier molecular flexibility index (Phi) is 6.32. The Morgan fingerprint density at radius 3 is 1.77 bits per heavy atom. The van der Waals surface area contributed by atoms with Crippen molar-refractivity contribution in [2.24, 2.45) is 0 Å². The molecule has 3 aliphatic rings. The highest BCUT2D eigenvalue weighted by Crippen LogP contribution is 2.57. The summed E-state index contributed by atoms with van der Waals surface area (Å²) in [5, 5.41) is 10.3. The molecule has 11 rings (SSSR count). The maximum atomic E-state index is 6.30. The van der Waals surface area contributed by atoms with Gasteiger partial charge >= 0.3 is 0 Å². The molecular formula is C51H38O. The van der Waals surface area contributed by atoms with Gasteiger partial charge in [-0.05, 0) is 120 Å². The largest absolute Gasteiger partial charge is 0.456 e. The van der Waals surface area contributed by atoms with Gasteiger partial charge in [0.15, 0.2) is 0 Å². The van der Waals surface area contributed by atoms with E-state index in [1.165, 1.54) is 93.2 Å². The lowest BCUT2D eigenvalue weighted by Crippen LogP contribution is -2.17. The minimum atomic E-state index is -0.0490. The molecule has 0 fully saturated rings. The fraction of sp³-hybridized carbons (Fsp3) is 0.137. The first kappa shape index (κ1) is 29.8. The van der Waals surface area contributed by atoms with E-state index in [4.69, 9.17) is 4.42 Å². The molecule has 0 saturated heterocycles. The average molecular weight is 667 g/mol. The molecule has 3 aliphatic carbocycles. The first-order valence-electron chi connectivity index (χ1n) is 18.7. The molecule has 1 aromatic heterocycles. The Morgan fingerprint density at radius 1 is 0.500 bits per heavy atom. The van der Waals surface area contributed by atoms with Gasteiger partial charge in [0.05, 0.1) is 0 Å². The van der Waals surface area contributed by atoms with Crippen LogP contribution < -0.4 is 0 Å². The Balaban J connectivity index is 1.06. The van der Waals surface area contributed by atoms with E-state index < -0.39 is 0 Å². The number of rotatable bonds is 3. The van der Waals surface area contributed by atoms with Crippen LogP contribution in [-0.4, -0.2) is 0 Å². The standard InChI is InChI=1S/C51H38O/c1-51(2)45-25-24-34(26-42(45)43-27-35-28-44-37-14-10-11-19-47(37)52-48(44)30-36(35)29-46(43)51)50-40-17-8-6-15-38(40)49(39-16-7-9-18-41(39)50)33-22-20-32(21-23-33)31-12-4-3-5-13-31/h3-20,22,24-25,27-30,42H,21,23,26H2,1-2H3. The van der Waals surface area contributed by atoms with Crippen LogP contribution in [0.1, 0.15) is 66.8 Å². The fourth-order valence-corrected chi connectivity index (χ4v) is 9.89. The summed E-state index contributed by atoms with van der Waals surface area (Å²) < 4.78 is 6.30. The Labute approximate surface area is 303 Å². The summed E-state index contributed by atoms with van der Waals surface area (Å²) in [6.45, 7) is 4.83. The highest BCUT2D eigenvalue weighted by atomic mass is 16.3. The van der Waals surface area contributed by atoms with Gasteiger partial charge in [0.2, 0.25) is 0 Å². The summed E-state index contributed by atoms with van der Waals surface area (Å²) in [4.78, 5) is 0. The van der Waals surface area contributed by atoms with E-state index in [0.29, 0.717) is 5.92 Å². The van der Waals surface area contributed by atoms with E-state index in [1.807, 2.05) is 0 Å². The molecule has 8 aromatic rings. The monoisotopic (exact) mass is 666 g/mol. The van der Waals surface area contributed by atoms with Gasteiger partial charge in [-0.15, -0.1) is 0 Å². The average Bonchev–Trinajstić information content (AvgIpc) is 3.65. The number of hydrogen-bond donors (Lipinski definition) is 0. The van der Waals surface area contributed by atoms with Crippen molar-refractivity contribution in [2.45, 2.75) is 44.4 Å². The third-order valence-electron chi connectivity index (χ3n) is 12.4. The first-order chi connectivity index (χ1) is 25.5. The van der Waals surface area contributed by atoms with Crippen LogP contribution >= 0.6 is 0 Å². The third-order valence-corrected chi connectivity index (χ3v) is 12.4. The van der Waals surface area contributed by atoms with Crippen molar-refractivity contribution in [3.8, 4) is 0 Å². The molecule has 1 heteroatoms. The first-order valence-corrected chi connectivity index (χ1v) is 18.7. The molecule has 1 unspecified atom stereocenters. The molecule has 0 aliphatic heterocycles. The van der Waals surface area contributed by atoms with Crippen molar-refractivity contribution in [3.63, 3.8) is 0 Å². The molecule has 0 radical (unpaired) electrons. The molecule has 1 atom stereocenters. The number of hydrogen-bond acceptors (Lipinski definition) is 1. The summed E-state index contributed by atoms with van der Waals surface area (Å²) >= 11 is 0. The van der Waals surface area contributed by atoms with Crippen molar-refractivity contribution in [1.82, 2.24) is 0 Å². The molecule has 0 bridgehead atoms. The van der Waals surface area contributed by atoms with Crippen LogP contribution in [0, 0.1) is 0 Å². The topological polar surface area (TPSA) is 13.1 Å². The van der Waals surface area contributed by atoms with Gasteiger partial charge in [-0.2, -0.15) is 0 Å². The maximum Gasteiger partial charge on any atom is 0.136 e. The summed E-state index contributed by atoms with van der Waals surface area (Å²) in [7, 11) is 0. The van der Waals surface area contributed by atoms with Gasteiger partial charge in [0.25, 0.3) is 0 Å². The lowest BCUT2D eigenvalue weighted by atomic mass is 9.75. The lowest BCUT2D eigenvalue weighted by molar-refractivity contribution is 0.615. The number of fused-ring (bicyclic) bond motifs is 9. The molecular weight excluding hydrogens is 629 g/mol. The van der Waals surface area contributed by atoms with Crippen LogP contribution in [0.5, 0.6) is 0 Å². The SMILES string of the molecule is CC1(C)C2=CC=C(c3c4ccccc4c(C4=CC=C(c5ccccc5)CC4)c4ccccc34)CC2c2cc3cc4c(cc3cc21)oc1ccccc14. The summed E-state index contributed by atoms with van der Waals surface area (Å²) in [5.74, 6) is 0.339. The van der Waals surface area contributed by atoms with Gasteiger partial charge < -0.3 is 4.42 Å². The predicted octanol–water partition coefficient (Wildman–Crippen LogP) is 14.1. The van der Waals surface area contributed by atoms with Gasteiger partial charge in [0, 0.05) is 22.1 Å². The zero-order valence-corrected chi connectivity index (χ0v) is 29.5. The normalized spacial score (nSPS) is 18.0. The maximum absolute atomic E-state index is 6.30. The quantitative estimate of drug-likeness (QED) is 0.171. The van der Waals surface area contributed by atoms with E-state index >= 15 is 0 Å². The molecule has 0 amide bonds. The molecule has 0 N–H and O–H groups in total. The highest BCUT2D eigenvalue weighted by molar-refractivity contribution is 6.16. The smallest absolute Gasteiger partial charge is 0.136 e. The minimum absolute atomic E-state index is 0.0490. The van der Waals surface area contributed by atoms with Crippen LogP contribution in [0.2, 0.25) is 0 Å². The Morgan fingerprint density at radius 2 is 1.08 bits per heavy atom. The zero-order chi connectivity index (χ0) is 34.6. The number of para-hydroxylation sites is 1. The summed E-state index contributed by atoms with van der Waals surface area (Å²) in [5.41, 5.74) is 14.7. The Bertz CT molecular complexity index is 2880. The van der Waals surface area contributed by atoms with Crippen LogP contribution in [0.15, 0.2) is 162 Å². The summed E-state index contributed by atoms with van der Waals surface area (Å²) in [6.07, 6.45) is 12.7. The van der Waals surface area contributed by atoms with Gasteiger partial charge in [-0.3, -0.25) is 0 Å². The van der Waals surface area contributed by atoms with Crippen LogP contribution in [0.4, 0.5) is 0 Å². The lowest BCUT2D eigenvalue weighted by Gasteiger charge is -2.29.